The maximum absolute atomic E-state index is 5.45. The predicted octanol–water partition coefficient (Wildman–Crippen LogP) is 5.26. The molecule has 5 heteroatoms. The monoisotopic (exact) mass is 372 g/mol. The molecular formula is C21H28N2O2S. The highest BCUT2D eigenvalue weighted by Gasteiger charge is 2.10. The highest BCUT2D eigenvalue weighted by molar-refractivity contribution is 7.80. The Morgan fingerprint density at radius 1 is 0.962 bits per heavy atom. The maximum Gasteiger partial charge on any atom is 0.171 e. The van der Waals surface area contributed by atoms with Crippen LogP contribution in [0.2, 0.25) is 0 Å². The van der Waals surface area contributed by atoms with Gasteiger partial charge in [0.25, 0.3) is 0 Å². The van der Waals surface area contributed by atoms with E-state index in [9.17, 15) is 0 Å². The number of hydrogen-bond donors (Lipinski definition) is 2. The lowest BCUT2D eigenvalue weighted by Gasteiger charge is -2.19. The summed E-state index contributed by atoms with van der Waals surface area (Å²) in [7, 11) is 3.25. The third-order valence-corrected chi connectivity index (χ3v) is 4.79. The van der Waals surface area contributed by atoms with E-state index in [1.54, 1.807) is 14.2 Å². The first kappa shape index (κ1) is 20.0. The number of rotatable bonds is 7. The zero-order valence-corrected chi connectivity index (χ0v) is 16.9. The summed E-state index contributed by atoms with van der Waals surface area (Å²) in [6.07, 6.45) is 1.14. The quantitative estimate of drug-likeness (QED) is 0.649. The van der Waals surface area contributed by atoms with Gasteiger partial charge in [-0.3, -0.25) is 0 Å². The number of nitrogens with one attached hydrogen (secondary N) is 2. The van der Waals surface area contributed by atoms with Gasteiger partial charge in [0.2, 0.25) is 0 Å². The van der Waals surface area contributed by atoms with E-state index in [0.29, 0.717) is 22.5 Å². The Balaban J connectivity index is 2.01. The number of hydrogen-bond acceptors (Lipinski definition) is 3. The molecule has 26 heavy (non-hydrogen) atoms. The molecule has 4 nitrogen and oxygen atoms in total. The van der Waals surface area contributed by atoms with Crippen molar-refractivity contribution in [2.24, 2.45) is 0 Å². The summed E-state index contributed by atoms with van der Waals surface area (Å²) in [5.41, 5.74) is 3.38. The molecule has 0 aliphatic rings. The molecule has 0 fully saturated rings. The van der Waals surface area contributed by atoms with Crippen molar-refractivity contribution in [2.75, 3.05) is 19.5 Å². The molecule has 0 heterocycles. The second-order valence-electron chi connectivity index (χ2n) is 6.40. The van der Waals surface area contributed by atoms with Gasteiger partial charge < -0.3 is 20.1 Å². The second kappa shape index (κ2) is 9.43. The third kappa shape index (κ3) is 5.36. The summed E-state index contributed by atoms with van der Waals surface area (Å²) in [5.74, 6) is 2.00. The predicted molar refractivity (Wildman–Crippen MR) is 112 cm³/mol. The molecule has 0 spiro atoms. The van der Waals surface area contributed by atoms with Gasteiger partial charge in [0, 0.05) is 23.9 Å². The topological polar surface area (TPSA) is 42.5 Å². The molecule has 0 amide bonds. The zero-order valence-electron chi connectivity index (χ0n) is 16.1. The van der Waals surface area contributed by atoms with Crippen molar-refractivity contribution in [3.05, 3.63) is 53.6 Å². The number of anilines is 1. The highest BCUT2D eigenvalue weighted by Crippen LogP contribution is 2.26. The Labute approximate surface area is 161 Å². The number of thiocarbonyl (C=S) groups is 1. The van der Waals surface area contributed by atoms with Crippen LogP contribution in [-0.2, 0) is 0 Å². The van der Waals surface area contributed by atoms with Gasteiger partial charge in [0.05, 0.1) is 20.3 Å². The molecule has 2 rings (SSSR count). The fraction of sp³-hybridized carbons (Fsp3) is 0.381. The molecule has 2 aromatic rings. The van der Waals surface area contributed by atoms with Gasteiger partial charge in [0.15, 0.2) is 5.11 Å². The maximum atomic E-state index is 5.45. The summed E-state index contributed by atoms with van der Waals surface area (Å²) in [5, 5.41) is 7.07. The van der Waals surface area contributed by atoms with Gasteiger partial charge >= 0.3 is 0 Å². The number of ether oxygens (including phenoxy) is 2. The van der Waals surface area contributed by atoms with Gasteiger partial charge in [-0.15, -0.1) is 0 Å². The lowest BCUT2D eigenvalue weighted by molar-refractivity contribution is 0.395. The van der Waals surface area contributed by atoms with E-state index in [1.807, 2.05) is 18.2 Å². The largest absolute Gasteiger partial charge is 0.497 e. The van der Waals surface area contributed by atoms with Crippen LogP contribution in [0.1, 0.15) is 50.3 Å². The Morgan fingerprint density at radius 3 is 2.00 bits per heavy atom. The molecule has 0 aromatic heterocycles. The van der Waals surface area contributed by atoms with Crippen LogP contribution < -0.4 is 20.1 Å². The highest BCUT2D eigenvalue weighted by atomic mass is 32.1. The molecule has 2 aromatic carbocycles. The molecule has 2 unspecified atom stereocenters. The van der Waals surface area contributed by atoms with E-state index in [-0.39, 0.29) is 6.04 Å². The summed E-state index contributed by atoms with van der Waals surface area (Å²) in [4.78, 5) is 0. The van der Waals surface area contributed by atoms with Crippen LogP contribution in [0.5, 0.6) is 11.5 Å². The van der Waals surface area contributed by atoms with Crippen LogP contribution in [-0.4, -0.2) is 19.3 Å². The van der Waals surface area contributed by atoms with Gasteiger partial charge in [-0.25, -0.2) is 0 Å². The molecule has 0 aliphatic carbocycles. The van der Waals surface area contributed by atoms with E-state index in [2.05, 4.69) is 55.7 Å². The standard InChI is InChI=1S/C21H28N2O2S/c1-6-14(2)16-7-9-17(10-8-16)15(3)22-21(26)23-18-11-19(24-4)13-20(12-18)25-5/h7-15H,6H2,1-5H3,(H2,22,23,26). The van der Waals surface area contributed by atoms with Crippen molar-refractivity contribution < 1.29 is 9.47 Å². The van der Waals surface area contributed by atoms with Crippen molar-refractivity contribution in [3.63, 3.8) is 0 Å². The van der Waals surface area contributed by atoms with Crippen molar-refractivity contribution >= 4 is 23.0 Å². The minimum absolute atomic E-state index is 0.105. The normalized spacial score (nSPS) is 12.8. The van der Waals surface area contributed by atoms with Crippen LogP contribution in [0.3, 0.4) is 0 Å². The first-order valence-corrected chi connectivity index (χ1v) is 9.28. The summed E-state index contributed by atoms with van der Waals surface area (Å²) < 4.78 is 10.6. The SMILES string of the molecule is CCC(C)c1ccc(C(C)NC(=S)Nc2cc(OC)cc(OC)c2)cc1. The van der Waals surface area contributed by atoms with Gasteiger partial charge in [-0.05, 0) is 42.6 Å². The Kier molecular flexibility index (Phi) is 7.27. The van der Waals surface area contributed by atoms with E-state index >= 15 is 0 Å². The first-order chi connectivity index (χ1) is 12.5. The lowest BCUT2D eigenvalue weighted by Crippen LogP contribution is -2.30. The Hall–Kier alpha value is -2.27. The molecule has 0 saturated carbocycles. The van der Waals surface area contributed by atoms with Crippen LogP contribution in [0.15, 0.2) is 42.5 Å². The molecule has 0 bridgehead atoms. The van der Waals surface area contributed by atoms with E-state index < -0.39 is 0 Å². The Morgan fingerprint density at radius 2 is 1.50 bits per heavy atom. The summed E-state index contributed by atoms with van der Waals surface area (Å²) in [6, 6.07) is 14.4. The van der Waals surface area contributed by atoms with Crippen molar-refractivity contribution in [1.29, 1.82) is 0 Å². The van der Waals surface area contributed by atoms with Crippen LogP contribution >= 0.6 is 12.2 Å². The van der Waals surface area contributed by atoms with Crippen LogP contribution in [0.4, 0.5) is 5.69 Å². The smallest absolute Gasteiger partial charge is 0.171 e. The van der Waals surface area contributed by atoms with Gasteiger partial charge in [-0.2, -0.15) is 0 Å². The molecule has 2 atom stereocenters. The molecule has 140 valence electrons. The average Bonchev–Trinajstić information content (AvgIpc) is 2.66. The molecule has 0 saturated heterocycles. The Bertz CT molecular complexity index is 709. The minimum Gasteiger partial charge on any atom is -0.497 e. The van der Waals surface area contributed by atoms with Crippen molar-refractivity contribution in [3.8, 4) is 11.5 Å². The van der Waals surface area contributed by atoms with Gasteiger partial charge in [0.1, 0.15) is 11.5 Å². The van der Waals surface area contributed by atoms with E-state index in [0.717, 1.165) is 12.1 Å². The second-order valence-corrected chi connectivity index (χ2v) is 6.81. The third-order valence-electron chi connectivity index (χ3n) is 4.57. The fourth-order valence-corrected chi connectivity index (χ4v) is 2.97. The zero-order chi connectivity index (χ0) is 19.1. The summed E-state index contributed by atoms with van der Waals surface area (Å²) >= 11 is 5.45. The molecule has 0 radical (unpaired) electrons. The average molecular weight is 373 g/mol. The molecule has 2 N–H and O–H groups in total. The fourth-order valence-electron chi connectivity index (χ4n) is 2.68. The van der Waals surface area contributed by atoms with Crippen molar-refractivity contribution in [1.82, 2.24) is 5.32 Å². The minimum atomic E-state index is 0.105. The van der Waals surface area contributed by atoms with Crippen LogP contribution in [0.25, 0.3) is 0 Å². The van der Waals surface area contributed by atoms with Crippen molar-refractivity contribution in [2.45, 2.75) is 39.2 Å². The first-order valence-electron chi connectivity index (χ1n) is 8.87. The van der Waals surface area contributed by atoms with Crippen LogP contribution in [0, 0.1) is 0 Å². The molecule has 0 aliphatic heterocycles. The number of benzene rings is 2. The van der Waals surface area contributed by atoms with Gasteiger partial charge in [-0.1, -0.05) is 38.1 Å². The van der Waals surface area contributed by atoms with E-state index in [1.165, 1.54) is 11.1 Å². The van der Waals surface area contributed by atoms with E-state index in [4.69, 9.17) is 21.7 Å². The summed E-state index contributed by atoms with van der Waals surface area (Å²) in [6.45, 7) is 6.55. The molecular weight excluding hydrogens is 344 g/mol. The number of methoxy groups -OCH3 is 2. The lowest BCUT2D eigenvalue weighted by atomic mass is 9.96.